The SMILES string of the molecule is CCc1ncnc(NCC2CCCCC2)c1F. The number of nitrogens with one attached hydrogen (secondary N) is 1. The minimum atomic E-state index is -0.286. The minimum Gasteiger partial charge on any atom is -0.367 e. The number of aryl methyl sites for hydroxylation is 1. The van der Waals surface area contributed by atoms with Gasteiger partial charge >= 0.3 is 0 Å². The summed E-state index contributed by atoms with van der Waals surface area (Å²) in [6, 6.07) is 0. The van der Waals surface area contributed by atoms with Gasteiger partial charge in [0.1, 0.15) is 6.33 Å². The van der Waals surface area contributed by atoms with Crippen LogP contribution in [0.25, 0.3) is 0 Å². The lowest BCUT2D eigenvalue weighted by molar-refractivity contribution is 0.372. The van der Waals surface area contributed by atoms with Crippen LogP contribution >= 0.6 is 0 Å². The highest BCUT2D eigenvalue weighted by Crippen LogP contribution is 2.24. The van der Waals surface area contributed by atoms with Gasteiger partial charge in [0, 0.05) is 6.54 Å². The van der Waals surface area contributed by atoms with Gasteiger partial charge in [-0.2, -0.15) is 0 Å². The number of hydrogen-bond donors (Lipinski definition) is 1. The highest BCUT2D eigenvalue weighted by Gasteiger charge is 2.15. The summed E-state index contributed by atoms with van der Waals surface area (Å²) < 4.78 is 13.8. The first-order chi connectivity index (χ1) is 8.31. The zero-order valence-corrected chi connectivity index (χ0v) is 10.4. The Balaban J connectivity index is 1.93. The predicted molar refractivity (Wildman–Crippen MR) is 66.4 cm³/mol. The maximum atomic E-state index is 13.8. The van der Waals surface area contributed by atoms with Crippen molar-refractivity contribution in [3.8, 4) is 0 Å². The molecule has 1 aromatic rings. The molecule has 0 atom stereocenters. The van der Waals surface area contributed by atoms with Crippen molar-refractivity contribution in [3.63, 3.8) is 0 Å². The molecule has 0 aromatic carbocycles. The molecule has 94 valence electrons. The van der Waals surface area contributed by atoms with Crippen molar-refractivity contribution in [1.29, 1.82) is 0 Å². The maximum Gasteiger partial charge on any atom is 0.186 e. The van der Waals surface area contributed by atoms with E-state index in [-0.39, 0.29) is 5.82 Å². The Morgan fingerprint density at radius 3 is 2.76 bits per heavy atom. The summed E-state index contributed by atoms with van der Waals surface area (Å²) in [6.07, 6.45) is 8.49. The fourth-order valence-corrected chi connectivity index (χ4v) is 2.41. The van der Waals surface area contributed by atoms with E-state index in [0.29, 0.717) is 23.9 Å². The molecule has 0 aliphatic heterocycles. The lowest BCUT2D eigenvalue weighted by Crippen LogP contribution is -2.18. The van der Waals surface area contributed by atoms with E-state index in [1.807, 2.05) is 6.92 Å². The Labute approximate surface area is 102 Å². The Morgan fingerprint density at radius 2 is 2.06 bits per heavy atom. The third-order valence-corrected chi connectivity index (χ3v) is 3.48. The van der Waals surface area contributed by atoms with E-state index < -0.39 is 0 Å². The van der Waals surface area contributed by atoms with Gasteiger partial charge in [0.05, 0.1) is 5.69 Å². The molecule has 0 saturated heterocycles. The van der Waals surface area contributed by atoms with Crippen LogP contribution in [0.5, 0.6) is 0 Å². The Kier molecular flexibility index (Phi) is 4.29. The lowest BCUT2D eigenvalue weighted by Gasteiger charge is -2.22. The summed E-state index contributed by atoms with van der Waals surface area (Å²) in [5.41, 5.74) is 0.492. The molecule has 0 unspecified atom stereocenters. The number of halogens is 1. The molecule has 0 radical (unpaired) electrons. The van der Waals surface area contributed by atoms with Crippen LogP contribution in [0, 0.1) is 11.7 Å². The average molecular weight is 237 g/mol. The second-order valence-corrected chi connectivity index (χ2v) is 4.72. The van der Waals surface area contributed by atoms with E-state index in [9.17, 15) is 4.39 Å². The van der Waals surface area contributed by atoms with Crippen molar-refractivity contribution in [2.45, 2.75) is 45.4 Å². The topological polar surface area (TPSA) is 37.8 Å². The largest absolute Gasteiger partial charge is 0.367 e. The van der Waals surface area contributed by atoms with Crippen molar-refractivity contribution in [2.24, 2.45) is 5.92 Å². The first-order valence-corrected chi connectivity index (χ1v) is 6.54. The Morgan fingerprint density at radius 1 is 1.29 bits per heavy atom. The summed E-state index contributed by atoms with van der Waals surface area (Å²) in [5.74, 6) is 0.747. The maximum absolute atomic E-state index is 13.8. The standard InChI is InChI=1S/C13H20FN3/c1-2-11-12(14)13(17-9-16-11)15-8-10-6-4-3-5-7-10/h9-10H,2-8H2,1H3,(H,15,16,17). The first kappa shape index (κ1) is 12.3. The molecular formula is C13H20FN3. The summed E-state index contributed by atoms with van der Waals surface area (Å²) in [4.78, 5) is 7.90. The predicted octanol–water partition coefficient (Wildman–Crippen LogP) is 3.17. The van der Waals surface area contributed by atoms with Crippen LogP contribution in [-0.4, -0.2) is 16.5 Å². The fourth-order valence-electron chi connectivity index (χ4n) is 2.41. The molecule has 17 heavy (non-hydrogen) atoms. The van der Waals surface area contributed by atoms with Crippen molar-refractivity contribution in [2.75, 3.05) is 11.9 Å². The third kappa shape index (κ3) is 3.14. The fraction of sp³-hybridized carbons (Fsp3) is 0.692. The van der Waals surface area contributed by atoms with Crippen LogP contribution in [0.2, 0.25) is 0 Å². The first-order valence-electron chi connectivity index (χ1n) is 6.54. The molecule has 0 spiro atoms. The van der Waals surface area contributed by atoms with E-state index in [1.165, 1.54) is 38.4 Å². The van der Waals surface area contributed by atoms with E-state index in [2.05, 4.69) is 15.3 Å². The molecule has 1 aliphatic carbocycles. The van der Waals surface area contributed by atoms with Crippen molar-refractivity contribution >= 4 is 5.82 Å². The molecule has 0 amide bonds. The van der Waals surface area contributed by atoms with Gasteiger partial charge in [-0.15, -0.1) is 0 Å². The van der Waals surface area contributed by atoms with Crippen LogP contribution < -0.4 is 5.32 Å². The van der Waals surface area contributed by atoms with Gasteiger partial charge in [-0.3, -0.25) is 0 Å². The van der Waals surface area contributed by atoms with Gasteiger partial charge in [-0.25, -0.2) is 14.4 Å². The average Bonchev–Trinajstić information content (AvgIpc) is 2.39. The van der Waals surface area contributed by atoms with Crippen LogP contribution in [0.15, 0.2) is 6.33 Å². The lowest BCUT2D eigenvalue weighted by atomic mass is 9.89. The monoisotopic (exact) mass is 237 g/mol. The summed E-state index contributed by atoms with van der Waals surface area (Å²) in [5, 5.41) is 3.13. The van der Waals surface area contributed by atoms with Gasteiger partial charge in [0.15, 0.2) is 11.6 Å². The molecule has 1 heterocycles. The molecule has 1 aromatic heterocycles. The van der Waals surface area contributed by atoms with Gasteiger partial charge in [-0.05, 0) is 25.2 Å². The van der Waals surface area contributed by atoms with Crippen molar-refractivity contribution in [3.05, 3.63) is 17.8 Å². The van der Waals surface area contributed by atoms with Gasteiger partial charge in [0.2, 0.25) is 0 Å². The molecule has 1 aliphatic rings. The summed E-state index contributed by atoms with van der Waals surface area (Å²) in [6.45, 7) is 2.73. The molecule has 3 nitrogen and oxygen atoms in total. The van der Waals surface area contributed by atoms with Gasteiger partial charge in [-0.1, -0.05) is 26.2 Å². The Hall–Kier alpha value is -1.19. The second-order valence-electron chi connectivity index (χ2n) is 4.72. The molecule has 1 fully saturated rings. The van der Waals surface area contributed by atoms with Crippen LogP contribution in [0.1, 0.15) is 44.7 Å². The summed E-state index contributed by atoms with van der Waals surface area (Å²) >= 11 is 0. The number of nitrogens with zero attached hydrogens (tertiary/aromatic N) is 2. The second kappa shape index (κ2) is 5.94. The molecule has 1 saturated carbocycles. The van der Waals surface area contributed by atoms with E-state index in [4.69, 9.17) is 0 Å². The third-order valence-electron chi connectivity index (χ3n) is 3.48. The van der Waals surface area contributed by atoms with Crippen molar-refractivity contribution < 1.29 is 4.39 Å². The van der Waals surface area contributed by atoms with Crippen molar-refractivity contribution in [1.82, 2.24) is 9.97 Å². The highest BCUT2D eigenvalue weighted by atomic mass is 19.1. The Bertz CT molecular complexity index is 362. The quantitative estimate of drug-likeness (QED) is 0.874. The van der Waals surface area contributed by atoms with Crippen LogP contribution in [-0.2, 0) is 6.42 Å². The molecule has 4 heteroatoms. The van der Waals surface area contributed by atoms with Gasteiger partial charge in [0.25, 0.3) is 0 Å². The minimum absolute atomic E-state index is 0.286. The number of anilines is 1. The molecular weight excluding hydrogens is 217 g/mol. The zero-order valence-electron chi connectivity index (χ0n) is 10.4. The summed E-state index contributed by atoms with van der Waals surface area (Å²) in [7, 11) is 0. The van der Waals surface area contributed by atoms with Crippen LogP contribution in [0.3, 0.4) is 0 Å². The number of hydrogen-bond acceptors (Lipinski definition) is 3. The highest BCUT2D eigenvalue weighted by molar-refractivity contribution is 5.37. The molecule has 0 bridgehead atoms. The van der Waals surface area contributed by atoms with E-state index in [1.54, 1.807) is 0 Å². The molecule has 1 N–H and O–H groups in total. The normalized spacial score (nSPS) is 17.1. The molecule has 2 rings (SSSR count). The zero-order chi connectivity index (χ0) is 12.1. The number of rotatable bonds is 4. The van der Waals surface area contributed by atoms with E-state index >= 15 is 0 Å². The van der Waals surface area contributed by atoms with Gasteiger partial charge < -0.3 is 5.32 Å². The van der Waals surface area contributed by atoms with Crippen LogP contribution in [0.4, 0.5) is 10.2 Å². The number of aromatic nitrogens is 2. The van der Waals surface area contributed by atoms with E-state index in [0.717, 1.165) is 6.54 Å². The smallest absolute Gasteiger partial charge is 0.186 e.